The lowest BCUT2D eigenvalue weighted by Gasteiger charge is -2.22. The zero-order chi connectivity index (χ0) is 8.27. The molecule has 1 saturated heterocycles. The largest absolute Gasteiger partial charge is 0.423 e. The van der Waals surface area contributed by atoms with Crippen LogP contribution in [0, 0.1) is 0 Å². The van der Waals surface area contributed by atoms with Gasteiger partial charge in [0.1, 0.15) is 5.78 Å². The van der Waals surface area contributed by atoms with Gasteiger partial charge in [-0.2, -0.15) is 0 Å². The summed E-state index contributed by atoms with van der Waals surface area (Å²) < 4.78 is 0. The van der Waals surface area contributed by atoms with Crippen LogP contribution in [0.3, 0.4) is 0 Å². The van der Waals surface area contributed by atoms with Crippen LogP contribution in [0.2, 0.25) is 0 Å². The Bertz CT molecular complexity index is 171. The van der Waals surface area contributed by atoms with Crippen molar-refractivity contribution in [1.29, 1.82) is 0 Å². The van der Waals surface area contributed by atoms with Crippen LogP contribution in [0.15, 0.2) is 0 Å². The van der Waals surface area contributed by atoms with E-state index in [1.807, 2.05) is 0 Å². The molecule has 0 aromatic rings. The number of primary amides is 1. The third-order valence-corrected chi connectivity index (χ3v) is 1.50. The summed E-state index contributed by atoms with van der Waals surface area (Å²) in [6.07, 6.45) is 0.0555. The summed E-state index contributed by atoms with van der Waals surface area (Å²) in [5.41, 5.74) is 4.77. The number of amides is 1. The van der Waals surface area contributed by atoms with E-state index in [4.69, 9.17) is 5.73 Å². The smallest absolute Gasteiger partial charge is 0.351 e. The molecule has 1 heterocycles. The molecule has 0 radical (unpaired) electrons. The molecule has 0 aliphatic carbocycles. The Morgan fingerprint density at radius 1 is 1.45 bits per heavy atom. The molecule has 2 N–H and O–H groups in total. The van der Waals surface area contributed by atoms with Crippen LogP contribution >= 0.6 is 0 Å². The minimum absolute atomic E-state index is 0.203. The van der Waals surface area contributed by atoms with Crippen molar-refractivity contribution < 1.29 is 14.4 Å². The lowest BCUT2D eigenvalue weighted by Crippen LogP contribution is -2.37. The highest BCUT2D eigenvalue weighted by Gasteiger charge is 2.17. The summed E-state index contributed by atoms with van der Waals surface area (Å²) in [7, 11) is 0. The fraction of sp³-hybridized carbons (Fsp3) is 0.667. The molecular formula is C6H10N2O3. The van der Waals surface area contributed by atoms with E-state index in [0.29, 0.717) is 25.9 Å². The van der Waals surface area contributed by atoms with Gasteiger partial charge in [0.05, 0.1) is 0 Å². The number of piperidine rings is 1. The van der Waals surface area contributed by atoms with Crippen molar-refractivity contribution >= 4 is 11.9 Å². The van der Waals surface area contributed by atoms with E-state index in [1.54, 1.807) is 0 Å². The second-order valence-electron chi connectivity index (χ2n) is 2.38. The van der Waals surface area contributed by atoms with Crippen LogP contribution in [-0.4, -0.2) is 30.0 Å². The molecule has 5 heteroatoms. The van der Waals surface area contributed by atoms with E-state index in [2.05, 4.69) is 4.84 Å². The Morgan fingerprint density at radius 3 is 2.45 bits per heavy atom. The third kappa shape index (κ3) is 2.55. The van der Waals surface area contributed by atoms with E-state index in [-0.39, 0.29) is 5.78 Å². The molecule has 11 heavy (non-hydrogen) atoms. The second kappa shape index (κ2) is 3.34. The van der Waals surface area contributed by atoms with E-state index in [9.17, 15) is 9.59 Å². The van der Waals surface area contributed by atoms with Gasteiger partial charge in [-0.15, -0.1) is 5.06 Å². The molecule has 1 aliphatic rings. The first-order valence-corrected chi connectivity index (χ1v) is 3.42. The molecule has 5 nitrogen and oxygen atoms in total. The lowest BCUT2D eigenvalue weighted by atomic mass is 10.1. The first-order chi connectivity index (χ1) is 5.18. The van der Waals surface area contributed by atoms with Crippen molar-refractivity contribution in [3.05, 3.63) is 0 Å². The third-order valence-electron chi connectivity index (χ3n) is 1.50. The molecule has 1 amide bonds. The van der Waals surface area contributed by atoms with Crippen molar-refractivity contribution in [1.82, 2.24) is 5.06 Å². The molecule has 0 saturated carbocycles. The van der Waals surface area contributed by atoms with Crippen molar-refractivity contribution in [2.75, 3.05) is 13.1 Å². The van der Waals surface area contributed by atoms with Crippen LogP contribution in [-0.2, 0) is 9.63 Å². The van der Waals surface area contributed by atoms with Crippen molar-refractivity contribution in [3.63, 3.8) is 0 Å². The summed E-state index contributed by atoms with van der Waals surface area (Å²) >= 11 is 0. The summed E-state index contributed by atoms with van der Waals surface area (Å²) in [6.45, 7) is 0.920. The molecular weight excluding hydrogens is 148 g/mol. The Balaban J connectivity index is 2.28. The van der Waals surface area contributed by atoms with Crippen LogP contribution < -0.4 is 5.73 Å². The number of hydroxylamine groups is 2. The molecule has 0 spiro atoms. The zero-order valence-electron chi connectivity index (χ0n) is 6.08. The van der Waals surface area contributed by atoms with Crippen LogP contribution in [0.5, 0.6) is 0 Å². The minimum Gasteiger partial charge on any atom is -0.351 e. The van der Waals surface area contributed by atoms with Gasteiger partial charge in [0, 0.05) is 25.9 Å². The summed E-state index contributed by atoms with van der Waals surface area (Å²) in [5, 5.41) is 1.41. The maximum atomic E-state index is 10.7. The molecule has 1 rings (SSSR count). The van der Waals surface area contributed by atoms with Gasteiger partial charge in [0.2, 0.25) is 0 Å². The zero-order valence-corrected chi connectivity index (χ0v) is 6.08. The van der Waals surface area contributed by atoms with Gasteiger partial charge in [-0.1, -0.05) is 0 Å². The highest BCUT2D eigenvalue weighted by Crippen LogP contribution is 2.05. The monoisotopic (exact) mass is 158 g/mol. The molecule has 0 aromatic carbocycles. The predicted molar refractivity (Wildman–Crippen MR) is 36.5 cm³/mol. The fourth-order valence-electron chi connectivity index (χ4n) is 0.954. The average Bonchev–Trinajstić information content (AvgIpc) is 1.93. The van der Waals surface area contributed by atoms with Gasteiger partial charge in [-0.25, -0.2) is 4.79 Å². The average molecular weight is 158 g/mol. The maximum Gasteiger partial charge on any atom is 0.423 e. The minimum atomic E-state index is -0.820. The number of nitrogens with two attached hydrogens (primary N) is 1. The Morgan fingerprint density at radius 2 is 2.00 bits per heavy atom. The maximum absolute atomic E-state index is 10.7. The van der Waals surface area contributed by atoms with Gasteiger partial charge < -0.3 is 10.6 Å². The number of Topliss-reactive ketones (excluding diaryl/α,β-unsaturated/α-hetero) is 1. The first kappa shape index (κ1) is 8.00. The first-order valence-electron chi connectivity index (χ1n) is 3.42. The van der Waals surface area contributed by atoms with E-state index in [1.165, 1.54) is 5.06 Å². The number of carbonyl (C=O) groups is 2. The standard InChI is InChI=1S/C6H10N2O3/c7-6(10)11-8-3-1-5(9)2-4-8/h1-4H2,(H2,7,10). The molecule has 0 unspecified atom stereocenters. The summed E-state index contributed by atoms with van der Waals surface area (Å²) in [5.74, 6) is 0.203. The van der Waals surface area contributed by atoms with Crippen molar-refractivity contribution in [2.24, 2.45) is 5.73 Å². The Hall–Kier alpha value is -1.10. The lowest BCUT2D eigenvalue weighted by molar-refractivity contribution is -0.138. The van der Waals surface area contributed by atoms with Crippen molar-refractivity contribution in [2.45, 2.75) is 12.8 Å². The Labute approximate surface area is 64.0 Å². The second-order valence-corrected chi connectivity index (χ2v) is 2.38. The SMILES string of the molecule is NC(=O)ON1CCC(=O)CC1. The quantitative estimate of drug-likeness (QED) is 0.566. The van der Waals surface area contributed by atoms with Gasteiger partial charge in [0.25, 0.3) is 0 Å². The fourth-order valence-corrected chi connectivity index (χ4v) is 0.954. The molecule has 62 valence electrons. The van der Waals surface area contributed by atoms with E-state index >= 15 is 0 Å². The molecule has 0 aromatic heterocycles. The van der Waals surface area contributed by atoms with E-state index < -0.39 is 6.09 Å². The summed E-state index contributed by atoms with van der Waals surface area (Å²) in [4.78, 5) is 25.5. The number of carbonyl (C=O) groups excluding carboxylic acids is 2. The van der Waals surface area contributed by atoms with E-state index in [0.717, 1.165) is 0 Å². The van der Waals surface area contributed by atoms with Crippen LogP contribution in [0.1, 0.15) is 12.8 Å². The highest BCUT2D eigenvalue weighted by atomic mass is 16.7. The molecule has 1 fully saturated rings. The van der Waals surface area contributed by atoms with Gasteiger partial charge >= 0.3 is 6.09 Å². The molecule has 0 bridgehead atoms. The van der Waals surface area contributed by atoms with Crippen LogP contribution in [0.4, 0.5) is 4.79 Å². The predicted octanol–water partition coefficient (Wildman–Crippen LogP) is -0.338. The highest BCUT2D eigenvalue weighted by molar-refractivity contribution is 5.79. The number of ketones is 1. The normalized spacial score (nSPS) is 19.8. The number of nitrogens with zero attached hydrogens (tertiary/aromatic N) is 1. The molecule has 0 atom stereocenters. The number of rotatable bonds is 1. The van der Waals surface area contributed by atoms with Crippen LogP contribution in [0.25, 0.3) is 0 Å². The molecule has 1 aliphatic heterocycles. The van der Waals surface area contributed by atoms with Crippen molar-refractivity contribution in [3.8, 4) is 0 Å². The van der Waals surface area contributed by atoms with Gasteiger partial charge in [0.15, 0.2) is 0 Å². The topological polar surface area (TPSA) is 72.6 Å². The summed E-state index contributed by atoms with van der Waals surface area (Å²) in [6, 6.07) is 0. The van der Waals surface area contributed by atoms with Gasteiger partial charge in [-0.3, -0.25) is 4.79 Å². The Kier molecular flexibility index (Phi) is 2.43. The number of hydrogen-bond donors (Lipinski definition) is 1. The van der Waals surface area contributed by atoms with Gasteiger partial charge in [-0.05, 0) is 0 Å². The number of hydrogen-bond acceptors (Lipinski definition) is 4.